The summed E-state index contributed by atoms with van der Waals surface area (Å²) in [6, 6.07) is 10.1. The maximum Gasteiger partial charge on any atom is 0.129 e. The molecule has 7 rings (SSSR count). The molecule has 0 aliphatic carbocycles. The summed E-state index contributed by atoms with van der Waals surface area (Å²) in [5.41, 5.74) is 3.19. The first-order valence-electron chi connectivity index (χ1n) is 22.0. The van der Waals surface area contributed by atoms with Crippen molar-refractivity contribution in [2.24, 2.45) is 0 Å². The van der Waals surface area contributed by atoms with E-state index in [4.69, 9.17) is 0 Å². The van der Waals surface area contributed by atoms with Crippen LogP contribution in [0.4, 0.5) is 0 Å². The van der Waals surface area contributed by atoms with E-state index in [2.05, 4.69) is 38.1 Å². The van der Waals surface area contributed by atoms with E-state index in [9.17, 15) is 0 Å². The lowest BCUT2D eigenvalue weighted by molar-refractivity contribution is -1.09. The average molecular weight is 809 g/mol. The number of hydrogen-bond acceptors (Lipinski definition) is 0. The maximum atomic E-state index is 2.52. The van der Waals surface area contributed by atoms with Crippen molar-refractivity contribution in [2.45, 2.75) is 155 Å². The van der Waals surface area contributed by atoms with E-state index in [-0.39, 0.29) is 49.6 Å². The zero-order chi connectivity index (χ0) is 33.4. The third kappa shape index (κ3) is 15.6. The lowest BCUT2D eigenvalue weighted by Gasteiger charge is -2.56. The molecule has 52 heavy (non-hydrogen) atoms. The monoisotopic (exact) mass is 807 g/mol. The quantitative estimate of drug-likeness (QED) is 0.0743. The van der Waals surface area contributed by atoms with Crippen molar-refractivity contribution in [1.29, 1.82) is 0 Å². The Kier molecular flexibility index (Phi) is 25.3. The van der Waals surface area contributed by atoms with Gasteiger partial charge >= 0.3 is 0 Å². The molecule has 0 saturated carbocycles. The van der Waals surface area contributed by atoms with E-state index in [1.807, 2.05) is 0 Å². The smallest absolute Gasteiger partial charge is 0.129 e. The van der Waals surface area contributed by atoms with Crippen LogP contribution in [0.5, 0.6) is 0 Å². The molecule has 4 bridgehead atoms. The van der Waals surface area contributed by atoms with Gasteiger partial charge in [-0.25, -0.2) is 0 Å². The lowest BCUT2D eigenvalue weighted by Crippen LogP contribution is -3.00. The number of quaternary nitrogens is 4. The topological polar surface area (TPSA) is 0 Å². The minimum atomic E-state index is 0. The van der Waals surface area contributed by atoms with Crippen molar-refractivity contribution in [2.75, 3.05) is 91.6 Å². The minimum absolute atomic E-state index is 0. The van der Waals surface area contributed by atoms with Gasteiger partial charge in [0.15, 0.2) is 0 Å². The molecule has 0 N–H and O–H groups in total. The highest BCUT2D eigenvalue weighted by Crippen LogP contribution is 2.32. The maximum absolute atomic E-state index is 2.52. The van der Waals surface area contributed by atoms with Crippen LogP contribution in [-0.4, -0.2) is 110 Å². The van der Waals surface area contributed by atoms with Gasteiger partial charge in [-0.05, 0) is 25.7 Å². The van der Waals surface area contributed by atoms with E-state index < -0.39 is 0 Å². The van der Waals surface area contributed by atoms with Crippen LogP contribution in [0.2, 0.25) is 0 Å². The van der Waals surface area contributed by atoms with E-state index in [0.29, 0.717) is 0 Å². The third-order valence-electron chi connectivity index (χ3n) is 14.3. The molecule has 6 fully saturated rings. The van der Waals surface area contributed by atoms with Gasteiger partial charge in [0.2, 0.25) is 0 Å². The molecule has 1 aromatic rings. The van der Waals surface area contributed by atoms with Crippen LogP contribution in [0.3, 0.4) is 0 Å². The van der Waals surface area contributed by atoms with Gasteiger partial charge in [0.25, 0.3) is 0 Å². The molecule has 306 valence electrons. The summed E-state index contributed by atoms with van der Waals surface area (Å²) in [5, 5.41) is 0. The van der Waals surface area contributed by atoms with Crippen molar-refractivity contribution in [3.05, 3.63) is 35.4 Å². The molecule has 0 amide bonds. The molecule has 6 aliphatic heterocycles. The Bertz CT molecular complexity index is 908. The summed E-state index contributed by atoms with van der Waals surface area (Å²) in [4.78, 5) is 0. The average Bonchev–Trinajstić information content (AvgIpc) is 3.12. The predicted molar refractivity (Wildman–Crippen MR) is 207 cm³/mol. The van der Waals surface area contributed by atoms with Gasteiger partial charge in [-0.3, -0.25) is 0 Å². The number of halogens is 4. The first-order chi connectivity index (χ1) is 23.5. The van der Waals surface area contributed by atoms with Gasteiger partial charge in [-0.15, -0.1) is 0 Å². The Hall–Kier alpha value is 0.220. The van der Waals surface area contributed by atoms with Crippen LogP contribution in [0.1, 0.15) is 153 Å². The largest absolute Gasteiger partial charge is 1.00 e. The molecular weight excluding hydrogens is 726 g/mol. The summed E-state index contributed by atoms with van der Waals surface area (Å²) in [5.74, 6) is 0. The molecule has 6 heterocycles. The van der Waals surface area contributed by atoms with Crippen LogP contribution in [-0.2, 0) is 13.1 Å². The standard InChI is InChI=1S/C44H82N4.4ClH/c1-3-5-7-9-11-13-15-17-19-21-27-45-29-35-47(36-30-45,37-31-45)41-43-23-25-44(26-24-43)42-48-38-32-46(33-39-48,34-40-48)28-22-20-18-16-14-12-10-8-6-4-2;;;;/h23-26H,3-22,27-42H2,1-2H3;4*1H/q+4;;;;/p-4. The third-order valence-corrected chi connectivity index (χ3v) is 14.3. The summed E-state index contributed by atoms with van der Waals surface area (Å²) in [7, 11) is 0. The Morgan fingerprint density at radius 2 is 0.519 bits per heavy atom. The summed E-state index contributed by atoms with van der Waals surface area (Å²) < 4.78 is 5.65. The first-order valence-corrected chi connectivity index (χ1v) is 22.0. The second kappa shape index (κ2) is 26.2. The van der Waals surface area contributed by atoms with E-state index >= 15 is 0 Å². The second-order valence-electron chi connectivity index (χ2n) is 18.0. The number of nitrogens with zero attached hydrogens (tertiary/aromatic N) is 4. The Morgan fingerprint density at radius 1 is 0.308 bits per heavy atom. The molecule has 4 nitrogen and oxygen atoms in total. The van der Waals surface area contributed by atoms with Crippen LogP contribution in [0, 0.1) is 0 Å². The minimum Gasteiger partial charge on any atom is -1.00 e. The fraction of sp³-hybridized carbons (Fsp3) is 0.864. The second-order valence-corrected chi connectivity index (χ2v) is 18.0. The Labute approximate surface area is 348 Å². The number of piperazine rings is 6. The van der Waals surface area contributed by atoms with Crippen molar-refractivity contribution in [3.8, 4) is 0 Å². The Balaban J connectivity index is 0.00000338. The van der Waals surface area contributed by atoms with Crippen LogP contribution >= 0.6 is 0 Å². The van der Waals surface area contributed by atoms with Crippen LogP contribution < -0.4 is 49.6 Å². The molecule has 0 unspecified atom stereocenters. The highest BCUT2D eigenvalue weighted by molar-refractivity contribution is 5.21. The van der Waals surface area contributed by atoms with Gasteiger partial charge in [-0.2, -0.15) is 0 Å². The molecule has 0 radical (unpaired) electrons. The van der Waals surface area contributed by atoms with Crippen molar-refractivity contribution >= 4 is 0 Å². The van der Waals surface area contributed by atoms with Gasteiger partial charge in [0, 0.05) is 11.1 Å². The number of unbranched alkanes of at least 4 members (excludes halogenated alkanes) is 18. The van der Waals surface area contributed by atoms with Gasteiger partial charge in [0.05, 0.1) is 13.1 Å². The molecule has 6 saturated heterocycles. The summed E-state index contributed by atoms with van der Waals surface area (Å²) in [6.07, 6.45) is 29.2. The van der Waals surface area contributed by atoms with Crippen LogP contribution in [0.25, 0.3) is 0 Å². The number of fused-ring (bicyclic) bond motifs is 6. The SMILES string of the molecule is CCCCCCCCCCCC[N+]12CC[N+](Cc3ccc(C[N+]45CC[N+](CCCCCCCCCCCC)(CC4)CC5)cc3)(CC1)CC2.[Cl-].[Cl-].[Cl-].[Cl-]. The predicted octanol–water partition coefficient (Wildman–Crippen LogP) is -2.13. The van der Waals surface area contributed by atoms with Crippen molar-refractivity contribution in [3.63, 3.8) is 0 Å². The molecule has 0 aromatic heterocycles. The summed E-state index contributed by atoms with van der Waals surface area (Å²) in [6.45, 7) is 27.2. The van der Waals surface area contributed by atoms with Crippen LogP contribution in [0.15, 0.2) is 24.3 Å². The van der Waals surface area contributed by atoms with Gasteiger partial charge in [-0.1, -0.05) is 141 Å². The van der Waals surface area contributed by atoms with E-state index in [0.717, 1.165) is 0 Å². The first kappa shape index (κ1) is 50.2. The molecule has 1 aromatic carbocycles. The highest BCUT2D eigenvalue weighted by atomic mass is 35.5. The van der Waals surface area contributed by atoms with Crippen molar-refractivity contribution in [1.82, 2.24) is 0 Å². The molecule has 6 aliphatic rings. The highest BCUT2D eigenvalue weighted by Gasteiger charge is 2.49. The van der Waals surface area contributed by atoms with E-state index in [1.165, 1.54) is 251 Å². The Morgan fingerprint density at radius 3 is 0.769 bits per heavy atom. The molecular formula is C44H82Cl4N4. The van der Waals surface area contributed by atoms with E-state index in [1.54, 1.807) is 11.1 Å². The number of hydrogen-bond donors (Lipinski definition) is 0. The summed E-state index contributed by atoms with van der Waals surface area (Å²) >= 11 is 0. The fourth-order valence-electron chi connectivity index (χ4n) is 10.4. The zero-order valence-corrected chi connectivity index (χ0v) is 37.1. The molecule has 0 atom stereocenters. The van der Waals surface area contributed by atoms with Crippen molar-refractivity contribution < 1.29 is 67.6 Å². The number of benzene rings is 1. The molecule has 8 heteroatoms. The molecule has 0 spiro atoms. The lowest BCUT2D eigenvalue weighted by atomic mass is 10.0. The number of rotatable bonds is 26. The normalized spacial score (nSPS) is 27.3. The zero-order valence-electron chi connectivity index (χ0n) is 34.1. The van der Waals surface area contributed by atoms with Gasteiger partial charge < -0.3 is 67.6 Å². The van der Waals surface area contributed by atoms with Gasteiger partial charge in [0.1, 0.15) is 91.6 Å². The fourth-order valence-corrected chi connectivity index (χ4v) is 10.4.